The standard InChI is InChI=1S/C13H17BrClNO3/c1-5-18-11-9(14)6-8(15)7-10(11)16-12(17)19-13(2,3)4/h6-7H,5H2,1-4H3,(H,16,17). The zero-order valence-corrected chi connectivity index (χ0v) is 13.7. The number of carbonyl (C=O) groups excluding carboxylic acids is 1. The summed E-state index contributed by atoms with van der Waals surface area (Å²) in [5, 5.41) is 3.12. The van der Waals surface area contributed by atoms with Crippen molar-refractivity contribution in [2.45, 2.75) is 33.3 Å². The average Bonchev–Trinajstić information content (AvgIpc) is 2.20. The Morgan fingerprint density at radius 1 is 1.42 bits per heavy atom. The lowest BCUT2D eigenvalue weighted by molar-refractivity contribution is 0.0635. The number of nitrogens with one attached hydrogen (secondary N) is 1. The summed E-state index contributed by atoms with van der Waals surface area (Å²) in [7, 11) is 0. The van der Waals surface area contributed by atoms with Gasteiger partial charge in [0.2, 0.25) is 0 Å². The summed E-state index contributed by atoms with van der Waals surface area (Å²) in [6, 6.07) is 3.31. The van der Waals surface area contributed by atoms with Gasteiger partial charge in [-0.15, -0.1) is 0 Å². The van der Waals surface area contributed by atoms with Gasteiger partial charge in [0.1, 0.15) is 5.60 Å². The Balaban J connectivity index is 2.96. The van der Waals surface area contributed by atoms with Crippen LogP contribution in [0.15, 0.2) is 16.6 Å². The van der Waals surface area contributed by atoms with Crippen molar-refractivity contribution in [3.05, 3.63) is 21.6 Å². The average molecular weight is 351 g/mol. The Bertz CT molecular complexity index is 472. The second kappa shape index (κ2) is 6.48. The number of halogens is 2. The Kier molecular flexibility index (Phi) is 5.50. The second-order valence-electron chi connectivity index (χ2n) is 4.82. The lowest BCUT2D eigenvalue weighted by atomic mass is 10.2. The third-order valence-corrected chi connectivity index (χ3v) is 2.74. The number of carbonyl (C=O) groups is 1. The molecule has 0 bridgehead atoms. The maximum atomic E-state index is 11.8. The van der Waals surface area contributed by atoms with Crippen LogP contribution in [0.4, 0.5) is 10.5 Å². The van der Waals surface area contributed by atoms with Crippen LogP contribution in [0.25, 0.3) is 0 Å². The van der Waals surface area contributed by atoms with Gasteiger partial charge < -0.3 is 9.47 Å². The van der Waals surface area contributed by atoms with E-state index in [0.29, 0.717) is 27.5 Å². The van der Waals surface area contributed by atoms with Crippen molar-refractivity contribution >= 4 is 39.3 Å². The maximum Gasteiger partial charge on any atom is 0.412 e. The first-order valence-electron chi connectivity index (χ1n) is 5.84. The summed E-state index contributed by atoms with van der Waals surface area (Å²) >= 11 is 9.31. The number of hydrogen-bond acceptors (Lipinski definition) is 3. The number of benzene rings is 1. The van der Waals surface area contributed by atoms with E-state index < -0.39 is 11.7 Å². The fourth-order valence-electron chi connectivity index (χ4n) is 1.36. The van der Waals surface area contributed by atoms with E-state index in [9.17, 15) is 4.79 Å². The normalized spacial score (nSPS) is 11.1. The van der Waals surface area contributed by atoms with Gasteiger partial charge in [-0.3, -0.25) is 5.32 Å². The molecule has 6 heteroatoms. The molecule has 0 atom stereocenters. The molecule has 19 heavy (non-hydrogen) atoms. The molecule has 1 N–H and O–H groups in total. The highest BCUT2D eigenvalue weighted by Gasteiger charge is 2.19. The van der Waals surface area contributed by atoms with Gasteiger partial charge >= 0.3 is 6.09 Å². The molecule has 106 valence electrons. The summed E-state index contributed by atoms with van der Waals surface area (Å²) in [4.78, 5) is 11.8. The number of amides is 1. The minimum Gasteiger partial charge on any atom is -0.491 e. The highest BCUT2D eigenvalue weighted by Crippen LogP contribution is 2.36. The van der Waals surface area contributed by atoms with Gasteiger partial charge in [0.15, 0.2) is 5.75 Å². The molecular weight excluding hydrogens is 334 g/mol. The molecule has 0 saturated carbocycles. The van der Waals surface area contributed by atoms with E-state index >= 15 is 0 Å². The van der Waals surface area contributed by atoms with Crippen molar-refractivity contribution in [3.8, 4) is 5.75 Å². The Hall–Kier alpha value is -0.940. The number of rotatable bonds is 3. The van der Waals surface area contributed by atoms with Crippen molar-refractivity contribution < 1.29 is 14.3 Å². The molecule has 1 aromatic carbocycles. The first-order chi connectivity index (χ1) is 8.73. The van der Waals surface area contributed by atoms with Crippen LogP contribution >= 0.6 is 27.5 Å². The minimum absolute atomic E-state index is 0.468. The Morgan fingerprint density at radius 2 is 2.05 bits per heavy atom. The summed E-state index contributed by atoms with van der Waals surface area (Å²) in [6.07, 6.45) is -0.553. The molecule has 0 unspecified atom stereocenters. The Labute approximate surface area is 126 Å². The van der Waals surface area contributed by atoms with Crippen molar-refractivity contribution in [2.24, 2.45) is 0 Å². The number of ether oxygens (including phenoxy) is 2. The van der Waals surface area contributed by atoms with Crippen LogP contribution in [0.2, 0.25) is 5.02 Å². The largest absolute Gasteiger partial charge is 0.491 e. The lowest BCUT2D eigenvalue weighted by Crippen LogP contribution is -2.27. The quantitative estimate of drug-likeness (QED) is 0.848. The molecule has 0 saturated heterocycles. The zero-order chi connectivity index (χ0) is 14.6. The summed E-state index contributed by atoms with van der Waals surface area (Å²) < 4.78 is 11.3. The first-order valence-corrected chi connectivity index (χ1v) is 7.02. The predicted molar refractivity (Wildman–Crippen MR) is 80.2 cm³/mol. The topological polar surface area (TPSA) is 47.6 Å². The molecule has 0 aliphatic carbocycles. The van der Waals surface area contributed by atoms with Crippen LogP contribution < -0.4 is 10.1 Å². The van der Waals surface area contributed by atoms with Gasteiger partial charge in [-0.25, -0.2) is 4.79 Å². The van der Waals surface area contributed by atoms with E-state index in [0.717, 1.165) is 0 Å². The third-order valence-electron chi connectivity index (χ3n) is 1.93. The molecule has 0 aliphatic heterocycles. The molecule has 0 radical (unpaired) electrons. The zero-order valence-electron chi connectivity index (χ0n) is 11.3. The van der Waals surface area contributed by atoms with Crippen LogP contribution in [-0.2, 0) is 4.74 Å². The van der Waals surface area contributed by atoms with E-state index in [-0.39, 0.29) is 0 Å². The smallest absolute Gasteiger partial charge is 0.412 e. The van der Waals surface area contributed by atoms with E-state index in [4.69, 9.17) is 21.1 Å². The van der Waals surface area contributed by atoms with Crippen molar-refractivity contribution in [3.63, 3.8) is 0 Å². The highest BCUT2D eigenvalue weighted by molar-refractivity contribution is 9.10. The van der Waals surface area contributed by atoms with E-state index in [1.807, 2.05) is 6.92 Å². The van der Waals surface area contributed by atoms with E-state index in [1.165, 1.54) is 0 Å². The summed E-state index contributed by atoms with van der Waals surface area (Å²) in [6.45, 7) is 7.72. The van der Waals surface area contributed by atoms with Gasteiger partial charge in [-0.05, 0) is 55.8 Å². The SMILES string of the molecule is CCOc1c(Br)cc(Cl)cc1NC(=O)OC(C)(C)C. The minimum atomic E-state index is -0.564. The van der Waals surface area contributed by atoms with Gasteiger partial charge in [-0.2, -0.15) is 0 Å². The third kappa shape index (κ3) is 5.28. The number of hydrogen-bond donors (Lipinski definition) is 1. The van der Waals surface area contributed by atoms with Gasteiger partial charge in [0.25, 0.3) is 0 Å². The van der Waals surface area contributed by atoms with E-state index in [2.05, 4.69) is 21.2 Å². The molecule has 0 heterocycles. The fourth-order valence-corrected chi connectivity index (χ4v) is 2.28. The monoisotopic (exact) mass is 349 g/mol. The molecule has 0 aromatic heterocycles. The van der Waals surface area contributed by atoms with Gasteiger partial charge in [0.05, 0.1) is 16.8 Å². The van der Waals surface area contributed by atoms with Gasteiger partial charge in [0, 0.05) is 5.02 Å². The molecule has 0 spiro atoms. The van der Waals surface area contributed by atoms with E-state index in [1.54, 1.807) is 32.9 Å². The van der Waals surface area contributed by atoms with Gasteiger partial charge in [-0.1, -0.05) is 11.6 Å². The molecule has 0 aliphatic rings. The molecule has 1 amide bonds. The molecule has 1 aromatic rings. The fraction of sp³-hybridized carbons (Fsp3) is 0.462. The molecular formula is C13H17BrClNO3. The lowest BCUT2D eigenvalue weighted by Gasteiger charge is -2.20. The van der Waals surface area contributed by atoms with Crippen molar-refractivity contribution in [1.29, 1.82) is 0 Å². The molecule has 1 rings (SSSR count). The van der Waals surface area contributed by atoms with Crippen molar-refractivity contribution in [2.75, 3.05) is 11.9 Å². The molecule has 4 nitrogen and oxygen atoms in total. The molecule has 0 fully saturated rings. The van der Waals surface area contributed by atoms with Crippen LogP contribution in [-0.4, -0.2) is 18.3 Å². The first kappa shape index (κ1) is 16.1. The number of anilines is 1. The maximum absolute atomic E-state index is 11.8. The highest BCUT2D eigenvalue weighted by atomic mass is 79.9. The van der Waals surface area contributed by atoms with Crippen LogP contribution in [0.1, 0.15) is 27.7 Å². The Morgan fingerprint density at radius 3 is 2.58 bits per heavy atom. The summed E-state index contributed by atoms with van der Waals surface area (Å²) in [5.74, 6) is 0.526. The van der Waals surface area contributed by atoms with Crippen molar-refractivity contribution in [1.82, 2.24) is 0 Å². The second-order valence-corrected chi connectivity index (χ2v) is 6.11. The van der Waals surface area contributed by atoms with Crippen LogP contribution in [0.3, 0.4) is 0 Å². The van der Waals surface area contributed by atoms with Crippen LogP contribution in [0.5, 0.6) is 5.75 Å². The predicted octanol–water partition coefficient (Wildman–Crippen LogP) is 4.85. The summed E-state index contributed by atoms with van der Waals surface area (Å²) in [5.41, 5.74) is -0.0958. The van der Waals surface area contributed by atoms with Crippen LogP contribution in [0, 0.1) is 0 Å².